The topological polar surface area (TPSA) is 97.0 Å². The van der Waals surface area contributed by atoms with Crippen molar-refractivity contribution in [3.8, 4) is 11.5 Å². The summed E-state index contributed by atoms with van der Waals surface area (Å²) in [5, 5.41) is 3.03. The fourth-order valence-corrected chi connectivity index (χ4v) is 5.29. The molecule has 8 nitrogen and oxygen atoms in total. The molecule has 0 aromatic heterocycles. The van der Waals surface area contributed by atoms with Crippen molar-refractivity contribution in [1.82, 2.24) is 10.2 Å². The summed E-state index contributed by atoms with van der Waals surface area (Å²) in [4.78, 5) is 15.1. The van der Waals surface area contributed by atoms with E-state index in [1.165, 1.54) is 0 Å². The van der Waals surface area contributed by atoms with Crippen LogP contribution in [-0.2, 0) is 34.2 Å². The van der Waals surface area contributed by atoms with Crippen molar-refractivity contribution in [2.75, 3.05) is 38.3 Å². The van der Waals surface area contributed by atoms with E-state index in [-0.39, 0.29) is 18.5 Å². The van der Waals surface area contributed by atoms with E-state index >= 15 is 0 Å². The fraction of sp³-hybridized carbons (Fsp3) is 0.321. The Bertz CT molecular complexity index is 1350. The summed E-state index contributed by atoms with van der Waals surface area (Å²) in [5.74, 6) is 1.26. The van der Waals surface area contributed by atoms with Crippen LogP contribution in [0.25, 0.3) is 0 Å². The van der Waals surface area contributed by atoms with Crippen molar-refractivity contribution in [2.24, 2.45) is 0 Å². The molecule has 0 radical (unpaired) electrons. The number of hydrogen-bond acceptors (Lipinski definition) is 6. The smallest absolute Gasteiger partial charge is 0.234 e. The van der Waals surface area contributed by atoms with Crippen LogP contribution in [0, 0.1) is 0 Å². The Morgan fingerprint density at radius 3 is 2.43 bits per heavy atom. The molecule has 0 spiro atoms. The van der Waals surface area contributed by atoms with Crippen molar-refractivity contribution >= 4 is 21.6 Å². The molecule has 4 rings (SSSR count). The number of nitrogens with zero attached hydrogens (tertiary/aromatic N) is 1. The summed E-state index contributed by atoms with van der Waals surface area (Å²) < 4.78 is 36.9. The van der Waals surface area contributed by atoms with Gasteiger partial charge >= 0.3 is 0 Å². The first-order valence-corrected chi connectivity index (χ1v) is 14.0. The molecule has 1 amide bonds. The molecule has 37 heavy (non-hydrogen) atoms. The maximum atomic E-state index is 12.9. The second kappa shape index (κ2) is 11.7. The Balaban J connectivity index is 1.58. The Morgan fingerprint density at radius 2 is 1.73 bits per heavy atom. The average molecular weight is 524 g/mol. The summed E-state index contributed by atoms with van der Waals surface area (Å²) in [6.45, 7) is 1.41. The van der Waals surface area contributed by atoms with Crippen molar-refractivity contribution in [2.45, 2.75) is 25.4 Å². The van der Waals surface area contributed by atoms with Crippen LogP contribution in [0.2, 0.25) is 0 Å². The quantitative estimate of drug-likeness (QED) is 0.422. The molecule has 0 saturated carbocycles. The molecule has 3 aromatic carbocycles. The number of nitrogens with one attached hydrogen (secondary N) is 2. The highest BCUT2D eigenvalue weighted by atomic mass is 32.2. The number of methoxy groups -OCH3 is 2. The number of anilines is 1. The van der Waals surface area contributed by atoms with Gasteiger partial charge < -0.3 is 14.8 Å². The molecule has 1 aliphatic rings. The van der Waals surface area contributed by atoms with Crippen LogP contribution >= 0.6 is 0 Å². The highest BCUT2D eigenvalue weighted by molar-refractivity contribution is 7.92. The minimum absolute atomic E-state index is 0.0417. The number of rotatable bonds is 10. The van der Waals surface area contributed by atoms with E-state index in [0.717, 1.165) is 28.5 Å². The first-order chi connectivity index (χ1) is 17.8. The van der Waals surface area contributed by atoms with E-state index in [2.05, 4.69) is 14.9 Å². The van der Waals surface area contributed by atoms with Gasteiger partial charge in [-0.25, -0.2) is 8.42 Å². The maximum Gasteiger partial charge on any atom is 0.234 e. The van der Waals surface area contributed by atoms with Gasteiger partial charge in [0.25, 0.3) is 0 Å². The summed E-state index contributed by atoms with van der Waals surface area (Å²) in [5.41, 5.74) is 4.78. The lowest BCUT2D eigenvalue weighted by molar-refractivity contribution is -0.123. The van der Waals surface area contributed by atoms with Gasteiger partial charge in [0.15, 0.2) is 11.5 Å². The van der Waals surface area contributed by atoms with Crippen molar-refractivity contribution in [1.29, 1.82) is 0 Å². The predicted molar refractivity (Wildman–Crippen MR) is 144 cm³/mol. The van der Waals surface area contributed by atoms with Crippen molar-refractivity contribution in [3.63, 3.8) is 0 Å². The highest BCUT2D eigenvalue weighted by Crippen LogP contribution is 2.36. The van der Waals surface area contributed by atoms with Crippen molar-refractivity contribution < 1.29 is 22.7 Å². The van der Waals surface area contributed by atoms with Crippen LogP contribution in [-0.4, -0.2) is 52.8 Å². The molecule has 0 aliphatic carbocycles. The Labute approximate surface area is 218 Å². The zero-order valence-corrected chi connectivity index (χ0v) is 22.2. The van der Waals surface area contributed by atoms with Crippen LogP contribution in [0.15, 0.2) is 66.7 Å². The first-order valence-electron chi connectivity index (χ1n) is 12.1. The van der Waals surface area contributed by atoms with E-state index in [1.54, 1.807) is 20.3 Å². The summed E-state index contributed by atoms with van der Waals surface area (Å²) in [6.07, 6.45) is 2.50. The molecule has 2 N–H and O–H groups in total. The summed E-state index contributed by atoms with van der Waals surface area (Å²) in [7, 11) is -0.163. The second-order valence-electron chi connectivity index (χ2n) is 9.18. The number of hydrogen-bond donors (Lipinski definition) is 2. The van der Waals surface area contributed by atoms with Gasteiger partial charge in [-0.15, -0.1) is 0 Å². The molecule has 1 heterocycles. The molecule has 9 heteroatoms. The number of sulfonamides is 1. The zero-order valence-electron chi connectivity index (χ0n) is 21.4. The molecule has 196 valence electrons. The third-order valence-corrected chi connectivity index (χ3v) is 7.08. The van der Waals surface area contributed by atoms with Gasteiger partial charge in [0.2, 0.25) is 15.9 Å². The van der Waals surface area contributed by atoms with Crippen LogP contribution < -0.4 is 19.5 Å². The lowest BCUT2D eigenvalue weighted by atomic mass is 9.88. The number of amides is 1. The normalized spacial score (nSPS) is 15.5. The van der Waals surface area contributed by atoms with Crippen LogP contribution in [0.1, 0.15) is 28.3 Å². The minimum atomic E-state index is -3.38. The number of ether oxygens (including phenoxy) is 2. The Hall–Kier alpha value is -3.56. The van der Waals surface area contributed by atoms with Crippen LogP contribution in [0.3, 0.4) is 0 Å². The maximum absolute atomic E-state index is 12.9. The Kier molecular flexibility index (Phi) is 8.35. The van der Waals surface area contributed by atoms with Gasteiger partial charge in [-0.2, -0.15) is 0 Å². The van der Waals surface area contributed by atoms with Gasteiger partial charge in [-0.1, -0.05) is 42.5 Å². The van der Waals surface area contributed by atoms with E-state index in [4.69, 9.17) is 9.47 Å². The van der Waals surface area contributed by atoms with E-state index in [0.29, 0.717) is 43.1 Å². The van der Waals surface area contributed by atoms with Gasteiger partial charge in [-0.3, -0.25) is 14.4 Å². The highest BCUT2D eigenvalue weighted by Gasteiger charge is 2.29. The molecule has 0 saturated heterocycles. The third kappa shape index (κ3) is 7.02. The lowest BCUT2D eigenvalue weighted by Crippen LogP contribution is -2.43. The molecular weight excluding hydrogens is 490 g/mol. The molecule has 1 aliphatic heterocycles. The van der Waals surface area contributed by atoms with Crippen LogP contribution in [0.4, 0.5) is 5.69 Å². The predicted octanol–water partition coefficient (Wildman–Crippen LogP) is 3.53. The number of benzene rings is 3. The van der Waals surface area contributed by atoms with Gasteiger partial charge in [-0.05, 0) is 59.4 Å². The molecular formula is C28H33N3O5S. The SMILES string of the molecule is COc1ccc(CC2c3ccc(NS(C)(=O)=O)cc3CCN2CC(=O)NCc2ccccc2)cc1OC. The fourth-order valence-electron chi connectivity index (χ4n) is 4.74. The minimum Gasteiger partial charge on any atom is -0.493 e. The average Bonchev–Trinajstić information content (AvgIpc) is 2.88. The lowest BCUT2D eigenvalue weighted by Gasteiger charge is -2.37. The van der Waals surface area contributed by atoms with Crippen LogP contribution in [0.5, 0.6) is 11.5 Å². The van der Waals surface area contributed by atoms with Gasteiger partial charge in [0.1, 0.15) is 0 Å². The van der Waals surface area contributed by atoms with E-state index < -0.39 is 10.0 Å². The largest absolute Gasteiger partial charge is 0.493 e. The molecule has 0 bridgehead atoms. The number of carbonyl (C=O) groups is 1. The van der Waals surface area contributed by atoms with Gasteiger partial charge in [0.05, 0.1) is 27.0 Å². The third-order valence-electron chi connectivity index (χ3n) is 6.47. The monoisotopic (exact) mass is 523 g/mol. The Morgan fingerprint density at radius 1 is 0.973 bits per heavy atom. The number of fused-ring (bicyclic) bond motifs is 1. The molecule has 1 unspecified atom stereocenters. The first kappa shape index (κ1) is 26.5. The standard InChI is InChI=1S/C28H33N3O5S/c1-35-26-12-9-21(16-27(26)36-2)15-25-24-11-10-23(30-37(3,33)34)17-22(24)13-14-31(25)19-28(32)29-18-20-7-5-4-6-8-20/h4-12,16-17,25,30H,13-15,18-19H2,1-3H3,(H,29,32). The second-order valence-corrected chi connectivity index (χ2v) is 10.9. The van der Waals surface area contributed by atoms with E-state index in [9.17, 15) is 13.2 Å². The molecule has 1 atom stereocenters. The molecule has 3 aromatic rings. The van der Waals surface area contributed by atoms with Crippen molar-refractivity contribution in [3.05, 3.63) is 89.0 Å². The zero-order chi connectivity index (χ0) is 26.4. The summed E-state index contributed by atoms with van der Waals surface area (Å²) in [6, 6.07) is 21.2. The molecule has 0 fully saturated rings. The summed E-state index contributed by atoms with van der Waals surface area (Å²) >= 11 is 0. The van der Waals surface area contributed by atoms with E-state index in [1.807, 2.05) is 60.7 Å². The van der Waals surface area contributed by atoms with Gasteiger partial charge in [0, 0.05) is 24.8 Å². The number of carbonyl (C=O) groups excluding carboxylic acids is 1.